The summed E-state index contributed by atoms with van der Waals surface area (Å²) in [5.41, 5.74) is 23.5. The molecule has 0 aliphatic rings. The van der Waals surface area contributed by atoms with Gasteiger partial charge in [-0.2, -0.15) is 10.5 Å². The molecule has 0 radical (unpaired) electrons. The van der Waals surface area contributed by atoms with Crippen molar-refractivity contribution in [1.82, 2.24) is 42.9 Å². The number of imidazole rings is 4. The van der Waals surface area contributed by atoms with Gasteiger partial charge in [-0.15, -0.1) is 0 Å². The lowest BCUT2D eigenvalue weighted by molar-refractivity contribution is 0.674. The second-order valence-electron chi connectivity index (χ2n) is 17.5. The van der Waals surface area contributed by atoms with E-state index in [1.807, 2.05) is 172 Å². The molecular formula is C63H49ClN12. The van der Waals surface area contributed by atoms with E-state index in [4.69, 9.17) is 22.6 Å². The number of hydrogen-bond acceptors (Lipinski definition) is 8. The van der Waals surface area contributed by atoms with E-state index < -0.39 is 0 Å². The molecule has 0 spiro atoms. The monoisotopic (exact) mass is 1010 g/mol. The normalized spacial score (nSPS) is 10.7. The second-order valence-corrected chi connectivity index (χ2v) is 17.8. The van der Waals surface area contributed by atoms with Crippen molar-refractivity contribution in [1.29, 1.82) is 10.5 Å². The third kappa shape index (κ3) is 11.0. The van der Waals surface area contributed by atoms with Crippen molar-refractivity contribution in [2.45, 2.75) is 19.6 Å². The Kier molecular flexibility index (Phi) is 15.5. The minimum Gasteiger partial charge on any atom is -0.325 e. The van der Waals surface area contributed by atoms with Gasteiger partial charge in [0.1, 0.15) is 29.6 Å². The third-order valence-corrected chi connectivity index (χ3v) is 13.2. The number of nitrogens with two attached hydrogens (primary N) is 1. The number of halogens is 1. The maximum atomic E-state index is 9.30. The fourth-order valence-electron chi connectivity index (χ4n) is 9.02. The molecule has 368 valence electrons. The van der Waals surface area contributed by atoms with Crippen LogP contribution in [-0.2, 0) is 19.6 Å². The molecule has 13 rings (SSSR count). The number of fused-ring (bicyclic) bond motifs is 4. The number of nitrogens with zero attached hydrogens (tertiary/aromatic N) is 10. The van der Waals surface area contributed by atoms with E-state index in [0.717, 1.165) is 68.7 Å². The average molecular weight is 1010 g/mol. The van der Waals surface area contributed by atoms with Crippen LogP contribution in [0.5, 0.6) is 0 Å². The van der Waals surface area contributed by atoms with E-state index in [-0.39, 0.29) is 0 Å². The Morgan fingerprint density at radius 3 is 1.29 bits per heavy atom. The van der Waals surface area contributed by atoms with Crippen LogP contribution in [0.25, 0.3) is 66.6 Å². The van der Waals surface area contributed by atoms with E-state index >= 15 is 0 Å². The highest BCUT2D eigenvalue weighted by Crippen LogP contribution is 2.30. The van der Waals surface area contributed by atoms with Crippen molar-refractivity contribution in [2.75, 3.05) is 0 Å². The zero-order valence-electron chi connectivity index (χ0n) is 41.1. The van der Waals surface area contributed by atoms with Crippen molar-refractivity contribution >= 4 is 33.7 Å². The molecule has 0 saturated heterocycles. The molecule has 0 fully saturated rings. The van der Waals surface area contributed by atoms with Gasteiger partial charge < -0.3 is 19.9 Å². The third-order valence-electron chi connectivity index (χ3n) is 12.8. The van der Waals surface area contributed by atoms with Gasteiger partial charge in [-0.05, 0) is 76.3 Å². The van der Waals surface area contributed by atoms with Crippen LogP contribution in [-0.4, -0.2) is 37.5 Å². The van der Waals surface area contributed by atoms with Gasteiger partial charge in [0.25, 0.3) is 0 Å². The predicted molar refractivity (Wildman–Crippen MR) is 302 cm³/mol. The zero-order chi connectivity index (χ0) is 52.1. The average Bonchev–Trinajstić information content (AvgIpc) is 4.35. The zero-order valence-corrected chi connectivity index (χ0v) is 41.9. The number of aromatic nitrogens is 8. The van der Waals surface area contributed by atoms with Crippen LogP contribution in [0.2, 0.25) is 5.15 Å². The van der Waals surface area contributed by atoms with E-state index in [1.54, 1.807) is 25.0 Å². The molecule has 13 aromatic rings. The van der Waals surface area contributed by atoms with Gasteiger partial charge in [-0.3, -0.25) is 8.80 Å². The smallest absolute Gasteiger partial charge is 0.133 e. The molecule has 0 bridgehead atoms. The topological polar surface area (TPSA) is 155 Å². The van der Waals surface area contributed by atoms with Gasteiger partial charge in [-0.25, -0.2) is 19.9 Å². The summed E-state index contributed by atoms with van der Waals surface area (Å²) in [7, 11) is 0. The van der Waals surface area contributed by atoms with Crippen LogP contribution >= 0.6 is 11.6 Å². The van der Waals surface area contributed by atoms with E-state index in [0.29, 0.717) is 23.0 Å². The first kappa shape index (κ1) is 49.6. The minimum atomic E-state index is 0.498. The van der Waals surface area contributed by atoms with E-state index in [9.17, 15) is 5.26 Å². The fourth-order valence-corrected chi connectivity index (χ4v) is 9.33. The van der Waals surface area contributed by atoms with Gasteiger partial charge in [-0.1, -0.05) is 157 Å². The Bertz CT molecular complexity index is 4100. The predicted octanol–water partition coefficient (Wildman–Crippen LogP) is 13.2. The number of nitrogens with one attached hydrogen (secondary N) is 1. The maximum Gasteiger partial charge on any atom is 0.133 e. The molecule has 12 nitrogen and oxygen atoms in total. The highest BCUT2D eigenvalue weighted by molar-refractivity contribution is 6.32. The Labute approximate surface area is 444 Å². The highest BCUT2D eigenvalue weighted by atomic mass is 35.5. The first-order chi connectivity index (χ1) is 37.5. The maximum absolute atomic E-state index is 9.30. The van der Waals surface area contributed by atoms with Crippen molar-refractivity contribution in [3.05, 3.63) is 278 Å². The summed E-state index contributed by atoms with van der Waals surface area (Å²) >= 11 is 6.34. The van der Waals surface area contributed by atoms with Crippen molar-refractivity contribution in [2.24, 2.45) is 5.73 Å². The summed E-state index contributed by atoms with van der Waals surface area (Å²) in [5.74, 6) is 0. The standard InChI is InChI=1S/C22H18N4.C14H13N3.C14H9N3.C13H9ClN2/c23-12-17-6-8-18(9-7-17)13-24-15-22-21(19-4-2-1-3-5-19)11-10-20-14-25-16-26(20)22;2*15-8-14-13(11-4-2-1-3-5-11)7-6-12-9-16-10-17(12)14;14-13-12(10-4-2-1-3-5-10)7-6-11-8-15-9-16(11)13/h1-11,14,16,24H,13,15H2;1-7,9-10H,8,15H2;1-7,9-10H;1-9H. The van der Waals surface area contributed by atoms with Crippen LogP contribution in [0.1, 0.15) is 28.2 Å². The molecule has 0 amide bonds. The van der Waals surface area contributed by atoms with Gasteiger partial charge in [0.05, 0.1) is 71.1 Å². The van der Waals surface area contributed by atoms with Crippen molar-refractivity contribution in [3.8, 4) is 56.6 Å². The van der Waals surface area contributed by atoms with Crippen molar-refractivity contribution in [3.63, 3.8) is 0 Å². The first-order valence-corrected chi connectivity index (χ1v) is 24.8. The lowest BCUT2D eigenvalue weighted by Gasteiger charge is -2.14. The summed E-state index contributed by atoms with van der Waals surface area (Å²) in [4.78, 5) is 16.6. The molecule has 8 heterocycles. The van der Waals surface area contributed by atoms with Gasteiger partial charge in [0.2, 0.25) is 0 Å². The van der Waals surface area contributed by atoms with Crippen molar-refractivity contribution < 1.29 is 0 Å². The molecule has 3 N–H and O–H groups in total. The van der Waals surface area contributed by atoms with Gasteiger partial charge >= 0.3 is 0 Å². The first-order valence-electron chi connectivity index (χ1n) is 24.5. The largest absolute Gasteiger partial charge is 0.325 e. The van der Waals surface area contributed by atoms with Gasteiger partial charge in [0.15, 0.2) is 0 Å². The number of nitriles is 2. The molecule has 5 aromatic carbocycles. The Morgan fingerprint density at radius 2 is 0.803 bits per heavy atom. The summed E-state index contributed by atoms with van der Waals surface area (Å²) in [6.07, 6.45) is 14.3. The quantitative estimate of drug-likeness (QED) is 0.135. The lowest BCUT2D eigenvalue weighted by Crippen LogP contribution is -2.16. The molecule has 8 aromatic heterocycles. The van der Waals surface area contributed by atoms with E-state index in [2.05, 4.69) is 102 Å². The molecule has 76 heavy (non-hydrogen) atoms. The SMILES string of the molecule is Clc1c(-c2ccccc2)ccc2cncn12.N#Cc1c(-c2ccccc2)ccc2cncn12.N#Cc1ccc(CNCc2c(-c3ccccc3)ccc3cncn23)cc1.NCc1c(-c2ccccc2)ccc2cncn12. The molecule has 13 heteroatoms. The van der Waals surface area contributed by atoms with Crippen LogP contribution < -0.4 is 11.1 Å². The summed E-state index contributed by atoms with van der Waals surface area (Å²) < 4.78 is 7.86. The Balaban J connectivity index is 0.000000118. The van der Waals surface area contributed by atoms with Crippen LogP contribution in [0.4, 0.5) is 0 Å². The minimum absolute atomic E-state index is 0.498. The Hall–Kier alpha value is -9.95. The number of rotatable bonds is 9. The molecule has 0 aliphatic carbocycles. The van der Waals surface area contributed by atoms with Crippen LogP contribution in [0, 0.1) is 22.7 Å². The summed E-state index contributed by atoms with van der Waals surface area (Å²) in [5, 5.41) is 22.4. The highest BCUT2D eigenvalue weighted by Gasteiger charge is 2.12. The molecule has 0 saturated carbocycles. The number of hydrogen-bond donors (Lipinski definition) is 2. The van der Waals surface area contributed by atoms with Gasteiger partial charge in [0, 0.05) is 53.3 Å². The molecule has 0 atom stereocenters. The summed E-state index contributed by atoms with van der Waals surface area (Å²) in [6, 6.07) is 69.1. The lowest BCUT2D eigenvalue weighted by atomic mass is 10.0. The molecule has 0 unspecified atom stereocenters. The molecular weight excluding hydrogens is 960 g/mol. The number of pyridine rings is 4. The molecule has 0 aliphatic heterocycles. The fraction of sp³-hybridized carbons (Fsp3) is 0.0476. The second kappa shape index (κ2) is 23.7. The summed E-state index contributed by atoms with van der Waals surface area (Å²) in [6.45, 7) is 1.96. The van der Waals surface area contributed by atoms with E-state index in [1.165, 1.54) is 27.9 Å². The Morgan fingerprint density at radius 1 is 0.408 bits per heavy atom. The van der Waals surface area contributed by atoms with Crippen LogP contribution in [0.3, 0.4) is 0 Å². The van der Waals surface area contributed by atoms with Crippen LogP contribution in [0.15, 0.2) is 244 Å². The number of benzene rings is 5.